The van der Waals surface area contributed by atoms with Gasteiger partial charge in [-0.15, -0.1) is 10.2 Å². The summed E-state index contributed by atoms with van der Waals surface area (Å²) in [5, 5.41) is 7.75. The quantitative estimate of drug-likeness (QED) is 0.661. The van der Waals surface area contributed by atoms with E-state index in [1.807, 2.05) is 6.07 Å². The average molecular weight is 339 g/mol. The zero-order chi connectivity index (χ0) is 17.6. The second kappa shape index (κ2) is 7.48. The van der Waals surface area contributed by atoms with Crippen LogP contribution in [0.15, 0.2) is 54.6 Å². The van der Waals surface area contributed by atoms with E-state index >= 15 is 0 Å². The SMILES string of the molecule is CCOC(=O)c1nnc(-c2cccc(F)c2)nc1Oc1ccccc1. The Morgan fingerprint density at radius 1 is 1.08 bits per heavy atom. The number of carbonyl (C=O) groups is 1. The van der Waals surface area contributed by atoms with E-state index in [9.17, 15) is 9.18 Å². The minimum absolute atomic E-state index is 0.0566. The van der Waals surface area contributed by atoms with E-state index in [1.165, 1.54) is 18.2 Å². The Morgan fingerprint density at radius 2 is 1.88 bits per heavy atom. The van der Waals surface area contributed by atoms with Crippen molar-refractivity contribution in [2.75, 3.05) is 6.61 Å². The molecule has 0 atom stereocenters. The number of aromatic nitrogens is 3. The predicted molar refractivity (Wildman–Crippen MR) is 87.7 cm³/mol. The van der Waals surface area contributed by atoms with Gasteiger partial charge < -0.3 is 9.47 Å². The van der Waals surface area contributed by atoms with Crippen molar-refractivity contribution in [3.8, 4) is 23.0 Å². The molecule has 0 amide bonds. The molecule has 3 rings (SSSR count). The van der Waals surface area contributed by atoms with E-state index in [1.54, 1.807) is 37.3 Å². The molecular weight excluding hydrogens is 325 g/mol. The minimum Gasteiger partial charge on any atom is -0.461 e. The zero-order valence-corrected chi connectivity index (χ0v) is 13.3. The molecule has 0 fully saturated rings. The maximum atomic E-state index is 13.4. The fourth-order valence-electron chi connectivity index (χ4n) is 2.06. The van der Waals surface area contributed by atoms with Gasteiger partial charge in [-0.25, -0.2) is 9.18 Å². The largest absolute Gasteiger partial charge is 0.461 e. The van der Waals surface area contributed by atoms with Crippen molar-refractivity contribution < 1.29 is 18.7 Å². The maximum Gasteiger partial charge on any atom is 0.364 e. The first-order valence-corrected chi connectivity index (χ1v) is 7.58. The summed E-state index contributed by atoms with van der Waals surface area (Å²) in [6.45, 7) is 1.86. The van der Waals surface area contributed by atoms with Crippen LogP contribution >= 0.6 is 0 Å². The summed E-state index contributed by atoms with van der Waals surface area (Å²) in [5.74, 6) is -0.573. The van der Waals surface area contributed by atoms with E-state index in [0.717, 1.165) is 0 Å². The molecule has 0 saturated carbocycles. The molecule has 0 aliphatic rings. The van der Waals surface area contributed by atoms with Crippen LogP contribution in [0.2, 0.25) is 0 Å². The Labute approximate surface area is 143 Å². The third-order valence-corrected chi connectivity index (χ3v) is 3.16. The molecule has 6 nitrogen and oxygen atoms in total. The van der Waals surface area contributed by atoms with Crippen LogP contribution in [0.3, 0.4) is 0 Å². The Balaban J connectivity index is 2.03. The molecule has 0 saturated heterocycles. The molecule has 1 heterocycles. The molecule has 0 N–H and O–H groups in total. The summed E-state index contributed by atoms with van der Waals surface area (Å²) in [4.78, 5) is 16.3. The van der Waals surface area contributed by atoms with Crippen LogP contribution in [0.4, 0.5) is 4.39 Å². The van der Waals surface area contributed by atoms with Crippen LogP contribution in [0.25, 0.3) is 11.4 Å². The predicted octanol–water partition coefficient (Wildman–Crippen LogP) is 3.65. The lowest BCUT2D eigenvalue weighted by Crippen LogP contribution is -2.12. The molecule has 0 aliphatic carbocycles. The first-order valence-electron chi connectivity index (χ1n) is 7.58. The summed E-state index contributed by atoms with van der Waals surface area (Å²) in [5.41, 5.74) is 0.270. The molecule has 0 spiro atoms. The Kier molecular flexibility index (Phi) is 4.94. The Bertz CT molecular complexity index is 888. The van der Waals surface area contributed by atoms with E-state index in [4.69, 9.17) is 9.47 Å². The molecule has 126 valence electrons. The summed E-state index contributed by atoms with van der Waals surface area (Å²) >= 11 is 0. The molecule has 7 heteroatoms. The van der Waals surface area contributed by atoms with Crippen LogP contribution in [-0.2, 0) is 4.74 Å². The Hall–Kier alpha value is -3.35. The van der Waals surface area contributed by atoms with Crippen molar-refractivity contribution in [2.24, 2.45) is 0 Å². The maximum absolute atomic E-state index is 13.4. The number of benzene rings is 2. The molecule has 1 aromatic heterocycles. The Morgan fingerprint density at radius 3 is 2.60 bits per heavy atom. The number of ether oxygens (including phenoxy) is 2. The van der Waals surface area contributed by atoms with Gasteiger partial charge in [-0.2, -0.15) is 4.98 Å². The van der Waals surface area contributed by atoms with Gasteiger partial charge in [0.15, 0.2) is 5.82 Å². The van der Waals surface area contributed by atoms with Crippen LogP contribution in [-0.4, -0.2) is 27.8 Å². The lowest BCUT2D eigenvalue weighted by Gasteiger charge is -2.09. The van der Waals surface area contributed by atoms with Crippen molar-refractivity contribution in [3.63, 3.8) is 0 Å². The molecule has 0 bridgehead atoms. The van der Waals surface area contributed by atoms with Gasteiger partial charge in [0, 0.05) is 5.56 Å². The van der Waals surface area contributed by atoms with Gasteiger partial charge >= 0.3 is 5.97 Å². The number of halogens is 1. The number of nitrogens with zero attached hydrogens (tertiary/aromatic N) is 3. The fourth-order valence-corrected chi connectivity index (χ4v) is 2.06. The van der Waals surface area contributed by atoms with E-state index in [-0.39, 0.29) is 24.0 Å². The number of rotatable bonds is 5. The van der Waals surface area contributed by atoms with E-state index < -0.39 is 11.8 Å². The summed E-state index contributed by atoms with van der Waals surface area (Å²) in [7, 11) is 0. The molecule has 0 unspecified atom stereocenters. The van der Waals surface area contributed by atoms with Crippen LogP contribution in [0.1, 0.15) is 17.4 Å². The van der Waals surface area contributed by atoms with Crippen molar-refractivity contribution in [1.82, 2.24) is 15.2 Å². The molecule has 3 aromatic rings. The first kappa shape index (κ1) is 16.5. The van der Waals surface area contributed by atoms with Gasteiger partial charge in [-0.3, -0.25) is 0 Å². The first-order chi connectivity index (χ1) is 12.2. The lowest BCUT2D eigenvalue weighted by molar-refractivity contribution is 0.0514. The average Bonchev–Trinajstić information content (AvgIpc) is 2.63. The van der Waals surface area contributed by atoms with Gasteiger partial charge in [0.25, 0.3) is 5.88 Å². The summed E-state index contributed by atoms with van der Waals surface area (Å²) in [6, 6.07) is 14.6. The minimum atomic E-state index is -0.695. The standard InChI is InChI=1S/C18H14FN3O3/c1-2-24-18(23)15-17(25-14-9-4-3-5-10-14)20-16(22-21-15)12-7-6-8-13(19)11-12/h3-11H,2H2,1H3. The van der Waals surface area contributed by atoms with Gasteiger partial charge in [0.05, 0.1) is 6.61 Å². The zero-order valence-electron chi connectivity index (χ0n) is 13.3. The number of esters is 1. The van der Waals surface area contributed by atoms with Gasteiger partial charge in [0.1, 0.15) is 11.6 Å². The van der Waals surface area contributed by atoms with Crippen LogP contribution in [0, 0.1) is 5.82 Å². The normalized spacial score (nSPS) is 10.3. The van der Waals surface area contributed by atoms with Crippen LogP contribution in [0.5, 0.6) is 11.6 Å². The number of hydrogen-bond donors (Lipinski definition) is 0. The van der Waals surface area contributed by atoms with Crippen molar-refractivity contribution >= 4 is 5.97 Å². The topological polar surface area (TPSA) is 74.2 Å². The molecule has 25 heavy (non-hydrogen) atoms. The number of para-hydroxylation sites is 1. The van der Waals surface area contributed by atoms with Crippen molar-refractivity contribution in [1.29, 1.82) is 0 Å². The second-order valence-corrected chi connectivity index (χ2v) is 4.94. The molecule has 0 aliphatic heterocycles. The third-order valence-electron chi connectivity index (χ3n) is 3.16. The number of hydrogen-bond acceptors (Lipinski definition) is 6. The van der Waals surface area contributed by atoms with E-state index in [2.05, 4.69) is 15.2 Å². The highest BCUT2D eigenvalue weighted by Crippen LogP contribution is 2.25. The lowest BCUT2D eigenvalue weighted by atomic mass is 10.2. The molecule has 2 aromatic carbocycles. The molecule has 0 radical (unpaired) electrons. The highest BCUT2D eigenvalue weighted by molar-refractivity contribution is 5.89. The summed E-state index contributed by atoms with van der Waals surface area (Å²) < 4.78 is 24.0. The third kappa shape index (κ3) is 3.95. The van der Waals surface area contributed by atoms with Crippen molar-refractivity contribution in [3.05, 3.63) is 66.1 Å². The van der Waals surface area contributed by atoms with Crippen LogP contribution < -0.4 is 4.74 Å². The highest BCUT2D eigenvalue weighted by atomic mass is 19.1. The van der Waals surface area contributed by atoms with Gasteiger partial charge in [-0.1, -0.05) is 30.3 Å². The molecular formula is C18H14FN3O3. The van der Waals surface area contributed by atoms with Gasteiger partial charge in [0.2, 0.25) is 5.69 Å². The van der Waals surface area contributed by atoms with E-state index in [0.29, 0.717) is 11.3 Å². The smallest absolute Gasteiger partial charge is 0.364 e. The summed E-state index contributed by atoms with van der Waals surface area (Å²) in [6.07, 6.45) is 0. The fraction of sp³-hybridized carbons (Fsp3) is 0.111. The van der Waals surface area contributed by atoms with Gasteiger partial charge in [-0.05, 0) is 31.2 Å². The monoisotopic (exact) mass is 339 g/mol. The second-order valence-electron chi connectivity index (χ2n) is 4.94. The van der Waals surface area contributed by atoms with Crippen molar-refractivity contribution in [2.45, 2.75) is 6.92 Å². The number of carbonyl (C=O) groups excluding carboxylic acids is 1. The highest BCUT2D eigenvalue weighted by Gasteiger charge is 2.21.